The van der Waals surface area contributed by atoms with Gasteiger partial charge in [-0.3, -0.25) is 9.89 Å². The molecule has 40 heavy (non-hydrogen) atoms. The minimum absolute atomic E-state index is 0.0585. The van der Waals surface area contributed by atoms with E-state index in [1.807, 2.05) is 43.3 Å². The second kappa shape index (κ2) is 12.1. The normalized spacial score (nSPS) is 14.5. The predicted octanol–water partition coefficient (Wildman–Crippen LogP) is 4.54. The Bertz CT molecular complexity index is 1540. The van der Waals surface area contributed by atoms with Gasteiger partial charge in [0.15, 0.2) is 11.4 Å². The summed E-state index contributed by atoms with van der Waals surface area (Å²) in [4.78, 5) is 28.2. The first kappa shape index (κ1) is 27.7. The molecule has 9 nitrogen and oxygen atoms in total. The summed E-state index contributed by atoms with van der Waals surface area (Å²) >= 11 is 6.55. The number of benzene rings is 2. The smallest absolute Gasteiger partial charge is 0.229 e. The Kier molecular flexibility index (Phi) is 8.39. The first-order valence-corrected chi connectivity index (χ1v) is 13.5. The Morgan fingerprint density at radius 1 is 1.15 bits per heavy atom. The minimum atomic E-state index is -0.449. The number of rotatable bonds is 9. The van der Waals surface area contributed by atoms with Crippen molar-refractivity contribution in [1.29, 1.82) is 0 Å². The SMILES string of the molecule is CN(C)C/C=C/C(=O)Cc1ccc(F)c(-c2nc(Nc3ccc(Cl)c(N4CCN(C)CC4)c3)nc3[nH]ncc23)c1. The van der Waals surface area contributed by atoms with E-state index in [9.17, 15) is 4.79 Å². The monoisotopic (exact) mass is 562 g/mol. The fourth-order valence-electron chi connectivity index (χ4n) is 4.62. The number of aromatic nitrogens is 4. The molecule has 3 heterocycles. The van der Waals surface area contributed by atoms with Gasteiger partial charge in [0.2, 0.25) is 5.95 Å². The zero-order valence-electron chi connectivity index (χ0n) is 22.8. The summed E-state index contributed by atoms with van der Waals surface area (Å²) < 4.78 is 15.2. The van der Waals surface area contributed by atoms with E-state index in [0.717, 1.165) is 37.6 Å². The van der Waals surface area contributed by atoms with E-state index in [0.29, 0.717) is 33.9 Å². The highest BCUT2D eigenvalue weighted by atomic mass is 35.5. The Morgan fingerprint density at radius 3 is 2.73 bits per heavy atom. The fourth-order valence-corrected chi connectivity index (χ4v) is 4.86. The molecule has 0 aliphatic carbocycles. The Hall–Kier alpha value is -3.86. The van der Waals surface area contributed by atoms with Crippen molar-refractivity contribution in [3.05, 3.63) is 71.2 Å². The van der Waals surface area contributed by atoms with Crippen molar-refractivity contribution in [2.75, 3.05) is 64.1 Å². The van der Waals surface area contributed by atoms with Gasteiger partial charge in [-0.2, -0.15) is 10.1 Å². The average molecular weight is 563 g/mol. The van der Waals surface area contributed by atoms with E-state index >= 15 is 4.39 Å². The first-order chi connectivity index (χ1) is 19.3. The number of ketones is 1. The van der Waals surface area contributed by atoms with E-state index in [1.165, 1.54) is 6.07 Å². The number of H-pyrrole nitrogens is 1. The van der Waals surface area contributed by atoms with E-state index in [4.69, 9.17) is 11.6 Å². The maximum Gasteiger partial charge on any atom is 0.229 e. The van der Waals surface area contributed by atoms with Crippen LogP contribution in [-0.2, 0) is 11.2 Å². The molecular weight excluding hydrogens is 531 g/mol. The third kappa shape index (κ3) is 6.47. The van der Waals surface area contributed by atoms with Crippen molar-refractivity contribution >= 4 is 45.7 Å². The van der Waals surface area contributed by atoms with Crippen molar-refractivity contribution in [1.82, 2.24) is 30.0 Å². The van der Waals surface area contributed by atoms with Gasteiger partial charge < -0.3 is 20.0 Å². The largest absolute Gasteiger partial charge is 0.368 e. The summed E-state index contributed by atoms with van der Waals surface area (Å²) in [6.07, 6.45) is 5.10. The maximum absolute atomic E-state index is 15.2. The summed E-state index contributed by atoms with van der Waals surface area (Å²) in [6, 6.07) is 10.3. The van der Waals surface area contributed by atoms with Crippen LogP contribution in [0.15, 0.2) is 54.7 Å². The molecule has 0 bridgehead atoms. The van der Waals surface area contributed by atoms with Crippen LogP contribution in [0.2, 0.25) is 5.02 Å². The Morgan fingerprint density at radius 2 is 1.95 bits per heavy atom. The van der Waals surface area contributed by atoms with Crippen LogP contribution in [-0.4, -0.2) is 89.6 Å². The number of anilines is 3. The number of fused-ring (bicyclic) bond motifs is 1. The van der Waals surface area contributed by atoms with Crippen molar-refractivity contribution in [3.8, 4) is 11.3 Å². The second-order valence-corrected chi connectivity index (χ2v) is 10.6. The molecule has 2 N–H and O–H groups in total. The molecule has 2 aromatic carbocycles. The van der Waals surface area contributed by atoms with Gasteiger partial charge in [0, 0.05) is 50.4 Å². The highest BCUT2D eigenvalue weighted by Crippen LogP contribution is 2.33. The number of likely N-dealkylation sites (N-methyl/N-ethyl adjacent to an activating group) is 2. The summed E-state index contributed by atoms with van der Waals surface area (Å²) in [5.74, 6) is -0.224. The number of aromatic amines is 1. The molecular formula is C29H32ClFN8O. The van der Waals surface area contributed by atoms with Gasteiger partial charge in [0.25, 0.3) is 0 Å². The van der Waals surface area contributed by atoms with Gasteiger partial charge >= 0.3 is 0 Å². The molecule has 11 heteroatoms. The topological polar surface area (TPSA) is 93.3 Å². The van der Waals surface area contributed by atoms with Gasteiger partial charge in [-0.25, -0.2) is 9.37 Å². The van der Waals surface area contributed by atoms with Crippen LogP contribution in [0.1, 0.15) is 5.56 Å². The van der Waals surface area contributed by atoms with E-state index in [2.05, 4.69) is 42.3 Å². The van der Waals surface area contributed by atoms with Gasteiger partial charge in [0.05, 0.1) is 28.0 Å². The molecule has 2 aromatic heterocycles. The first-order valence-electron chi connectivity index (χ1n) is 13.1. The number of allylic oxidation sites excluding steroid dienone is 1. The molecule has 0 amide bonds. The fraction of sp³-hybridized carbons (Fsp3) is 0.310. The third-order valence-corrected chi connectivity index (χ3v) is 7.11. The number of hydrogen-bond acceptors (Lipinski definition) is 8. The highest BCUT2D eigenvalue weighted by Gasteiger charge is 2.19. The molecule has 1 aliphatic rings. The third-order valence-electron chi connectivity index (χ3n) is 6.79. The molecule has 1 fully saturated rings. The lowest BCUT2D eigenvalue weighted by Gasteiger charge is -2.34. The Balaban J connectivity index is 1.44. The van der Waals surface area contributed by atoms with Crippen molar-refractivity contribution in [3.63, 3.8) is 0 Å². The molecule has 5 rings (SSSR count). The predicted molar refractivity (Wildman–Crippen MR) is 158 cm³/mol. The number of nitrogens with zero attached hydrogens (tertiary/aromatic N) is 6. The molecule has 0 atom stereocenters. The average Bonchev–Trinajstić information content (AvgIpc) is 3.40. The standard InChI is InChI=1S/C29H32ClFN8O/c1-37(2)10-4-5-21(40)15-19-6-9-25(31)22(16-19)27-23-18-32-36-28(23)35-29(34-27)33-20-7-8-24(30)26(17-20)39-13-11-38(3)12-14-39/h4-9,16-18H,10-15H2,1-3H3,(H2,32,33,34,35,36)/b5-4+. The lowest BCUT2D eigenvalue weighted by Crippen LogP contribution is -2.44. The van der Waals surface area contributed by atoms with Crippen LogP contribution in [0.3, 0.4) is 0 Å². The molecule has 1 aliphatic heterocycles. The second-order valence-electron chi connectivity index (χ2n) is 10.2. The molecule has 0 spiro atoms. The molecule has 0 unspecified atom stereocenters. The molecule has 1 saturated heterocycles. The van der Waals surface area contributed by atoms with E-state index in [1.54, 1.807) is 24.4 Å². The molecule has 0 radical (unpaired) electrons. The lowest BCUT2D eigenvalue weighted by atomic mass is 10.0. The lowest BCUT2D eigenvalue weighted by molar-refractivity contribution is -0.114. The van der Waals surface area contributed by atoms with Crippen molar-refractivity contribution < 1.29 is 9.18 Å². The quantitative estimate of drug-likeness (QED) is 0.287. The van der Waals surface area contributed by atoms with Crippen LogP contribution in [0.25, 0.3) is 22.3 Å². The van der Waals surface area contributed by atoms with Crippen LogP contribution >= 0.6 is 11.6 Å². The summed E-state index contributed by atoms with van der Waals surface area (Å²) in [5, 5.41) is 11.5. The van der Waals surface area contributed by atoms with Gasteiger partial charge in [-0.1, -0.05) is 23.7 Å². The molecule has 0 saturated carbocycles. The summed E-state index contributed by atoms with van der Waals surface area (Å²) in [7, 11) is 5.97. The van der Waals surface area contributed by atoms with Gasteiger partial charge in [0.1, 0.15) is 5.82 Å². The maximum atomic E-state index is 15.2. The van der Waals surface area contributed by atoms with Crippen LogP contribution in [0.4, 0.5) is 21.7 Å². The number of piperazine rings is 1. The van der Waals surface area contributed by atoms with E-state index < -0.39 is 5.82 Å². The van der Waals surface area contributed by atoms with Gasteiger partial charge in [-0.05, 0) is 63.1 Å². The summed E-state index contributed by atoms with van der Waals surface area (Å²) in [6.45, 7) is 4.34. The van der Waals surface area contributed by atoms with Gasteiger partial charge in [-0.15, -0.1) is 0 Å². The highest BCUT2D eigenvalue weighted by molar-refractivity contribution is 6.33. The molecule has 208 valence electrons. The zero-order valence-corrected chi connectivity index (χ0v) is 23.5. The van der Waals surface area contributed by atoms with Crippen LogP contribution in [0, 0.1) is 5.82 Å². The number of hydrogen-bond donors (Lipinski definition) is 2. The van der Waals surface area contributed by atoms with E-state index in [-0.39, 0.29) is 23.7 Å². The Labute approximate surface area is 237 Å². The minimum Gasteiger partial charge on any atom is -0.368 e. The van der Waals surface area contributed by atoms with Crippen molar-refractivity contribution in [2.45, 2.75) is 6.42 Å². The number of halogens is 2. The van der Waals surface area contributed by atoms with Crippen molar-refractivity contribution in [2.24, 2.45) is 0 Å². The number of carbonyl (C=O) groups is 1. The summed E-state index contributed by atoms with van der Waals surface area (Å²) in [5.41, 5.74) is 3.50. The zero-order chi connectivity index (χ0) is 28.2. The molecule has 4 aromatic rings. The van der Waals surface area contributed by atoms with Crippen LogP contribution in [0.5, 0.6) is 0 Å². The number of nitrogens with one attached hydrogen (secondary N) is 2. The number of carbonyl (C=O) groups excluding carboxylic acids is 1. The van der Waals surface area contributed by atoms with Crippen LogP contribution < -0.4 is 10.2 Å².